The lowest BCUT2D eigenvalue weighted by atomic mass is 10.0. The van der Waals surface area contributed by atoms with E-state index in [1.54, 1.807) is 13.8 Å². The number of rotatable bonds is 3. The molecule has 0 amide bonds. The van der Waals surface area contributed by atoms with Crippen molar-refractivity contribution in [2.24, 2.45) is 0 Å². The molecule has 0 aliphatic rings. The second-order valence-electron chi connectivity index (χ2n) is 3.22. The molecule has 78 valence electrons. The van der Waals surface area contributed by atoms with Crippen molar-refractivity contribution in [2.75, 3.05) is 0 Å². The SMILES string of the molecule is CC(C)c1cc(OC(F)F)ccc1F. The minimum absolute atomic E-state index is 0.00917. The molecule has 0 atom stereocenters. The highest BCUT2D eigenvalue weighted by atomic mass is 19.3. The number of ether oxygens (including phenoxy) is 1. The number of hydrogen-bond acceptors (Lipinski definition) is 1. The van der Waals surface area contributed by atoms with E-state index in [4.69, 9.17) is 0 Å². The largest absolute Gasteiger partial charge is 0.435 e. The second kappa shape index (κ2) is 4.35. The molecule has 0 saturated carbocycles. The fourth-order valence-electron chi connectivity index (χ4n) is 1.14. The van der Waals surface area contributed by atoms with E-state index in [0.29, 0.717) is 5.56 Å². The minimum atomic E-state index is -2.87. The molecule has 0 saturated heterocycles. The topological polar surface area (TPSA) is 9.23 Å². The third kappa shape index (κ3) is 2.65. The number of alkyl halides is 2. The summed E-state index contributed by atoms with van der Waals surface area (Å²) in [5, 5.41) is 0. The fourth-order valence-corrected chi connectivity index (χ4v) is 1.14. The van der Waals surface area contributed by atoms with Crippen LogP contribution in [0.3, 0.4) is 0 Å². The number of benzene rings is 1. The van der Waals surface area contributed by atoms with Gasteiger partial charge in [-0.15, -0.1) is 0 Å². The van der Waals surface area contributed by atoms with Crippen LogP contribution in [0.5, 0.6) is 5.75 Å². The third-order valence-corrected chi connectivity index (χ3v) is 1.81. The Bertz CT molecular complexity index is 310. The molecule has 0 N–H and O–H groups in total. The summed E-state index contributed by atoms with van der Waals surface area (Å²) >= 11 is 0. The predicted molar refractivity (Wildman–Crippen MR) is 47.1 cm³/mol. The molecule has 1 nitrogen and oxygen atoms in total. The Labute approximate surface area is 80.5 Å². The van der Waals surface area contributed by atoms with Gasteiger partial charge in [0.05, 0.1) is 0 Å². The molecular weight excluding hydrogens is 193 g/mol. The zero-order chi connectivity index (χ0) is 10.7. The summed E-state index contributed by atoms with van der Waals surface area (Å²) in [6.07, 6.45) is 0. The summed E-state index contributed by atoms with van der Waals surface area (Å²) in [6.45, 7) is 0.690. The maximum atomic E-state index is 13.1. The molecule has 0 bridgehead atoms. The minimum Gasteiger partial charge on any atom is -0.435 e. The Morgan fingerprint density at radius 3 is 2.36 bits per heavy atom. The van der Waals surface area contributed by atoms with Gasteiger partial charge in [0.15, 0.2) is 0 Å². The van der Waals surface area contributed by atoms with Crippen molar-refractivity contribution in [1.82, 2.24) is 0 Å². The van der Waals surface area contributed by atoms with Crippen LogP contribution in [0.25, 0.3) is 0 Å². The summed E-state index contributed by atoms with van der Waals surface area (Å²) in [4.78, 5) is 0. The van der Waals surface area contributed by atoms with Gasteiger partial charge in [0, 0.05) is 0 Å². The first-order valence-electron chi connectivity index (χ1n) is 4.25. The summed E-state index contributed by atoms with van der Waals surface area (Å²) in [7, 11) is 0. The van der Waals surface area contributed by atoms with Crippen LogP contribution in [0.4, 0.5) is 13.2 Å². The summed E-state index contributed by atoms with van der Waals surface area (Å²) in [6, 6.07) is 3.62. The van der Waals surface area contributed by atoms with Gasteiger partial charge in [0.25, 0.3) is 0 Å². The van der Waals surface area contributed by atoms with Crippen molar-refractivity contribution in [3.63, 3.8) is 0 Å². The maximum Gasteiger partial charge on any atom is 0.387 e. The smallest absolute Gasteiger partial charge is 0.387 e. The van der Waals surface area contributed by atoms with E-state index in [0.717, 1.165) is 6.07 Å². The third-order valence-electron chi connectivity index (χ3n) is 1.81. The van der Waals surface area contributed by atoms with Crippen molar-refractivity contribution in [3.8, 4) is 5.75 Å². The zero-order valence-corrected chi connectivity index (χ0v) is 7.93. The van der Waals surface area contributed by atoms with Crippen LogP contribution in [0, 0.1) is 5.82 Å². The molecule has 0 fully saturated rings. The van der Waals surface area contributed by atoms with Gasteiger partial charge >= 0.3 is 6.61 Å². The van der Waals surface area contributed by atoms with E-state index in [2.05, 4.69) is 4.74 Å². The van der Waals surface area contributed by atoms with E-state index >= 15 is 0 Å². The Morgan fingerprint density at radius 2 is 1.86 bits per heavy atom. The highest BCUT2D eigenvalue weighted by Crippen LogP contribution is 2.24. The highest BCUT2D eigenvalue weighted by molar-refractivity contribution is 5.31. The molecular formula is C10H11F3O. The molecule has 0 radical (unpaired) electrons. The van der Waals surface area contributed by atoms with Gasteiger partial charge in [-0.1, -0.05) is 13.8 Å². The second-order valence-corrected chi connectivity index (χ2v) is 3.22. The van der Waals surface area contributed by atoms with Gasteiger partial charge in [-0.25, -0.2) is 4.39 Å². The van der Waals surface area contributed by atoms with Crippen LogP contribution in [0.2, 0.25) is 0 Å². The fraction of sp³-hybridized carbons (Fsp3) is 0.400. The zero-order valence-electron chi connectivity index (χ0n) is 7.93. The normalized spacial score (nSPS) is 11.1. The van der Waals surface area contributed by atoms with Gasteiger partial charge in [-0.05, 0) is 29.7 Å². The maximum absolute atomic E-state index is 13.1. The lowest BCUT2D eigenvalue weighted by Crippen LogP contribution is -2.03. The summed E-state index contributed by atoms with van der Waals surface area (Å²) in [5.41, 5.74) is 0.378. The van der Waals surface area contributed by atoms with Crippen LogP contribution in [0.15, 0.2) is 18.2 Å². The monoisotopic (exact) mass is 204 g/mol. The first kappa shape index (κ1) is 10.9. The van der Waals surface area contributed by atoms with Crippen molar-refractivity contribution in [1.29, 1.82) is 0 Å². The average Bonchev–Trinajstić information content (AvgIpc) is 2.07. The van der Waals surface area contributed by atoms with Crippen LogP contribution < -0.4 is 4.74 Å². The van der Waals surface area contributed by atoms with Crippen molar-refractivity contribution in [2.45, 2.75) is 26.4 Å². The molecule has 0 aliphatic heterocycles. The Morgan fingerprint density at radius 1 is 1.21 bits per heavy atom. The van der Waals surface area contributed by atoms with Crippen molar-refractivity contribution in [3.05, 3.63) is 29.6 Å². The van der Waals surface area contributed by atoms with Crippen molar-refractivity contribution >= 4 is 0 Å². The van der Waals surface area contributed by atoms with E-state index in [1.807, 2.05) is 0 Å². The van der Waals surface area contributed by atoms with Crippen LogP contribution in [0.1, 0.15) is 25.3 Å². The van der Waals surface area contributed by atoms with E-state index < -0.39 is 12.4 Å². The van der Waals surface area contributed by atoms with E-state index in [9.17, 15) is 13.2 Å². The molecule has 0 aliphatic carbocycles. The quantitative estimate of drug-likeness (QED) is 0.731. The lowest BCUT2D eigenvalue weighted by molar-refractivity contribution is -0.0499. The average molecular weight is 204 g/mol. The predicted octanol–water partition coefficient (Wildman–Crippen LogP) is 3.55. The molecule has 1 aromatic carbocycles. The van der Waals surface area contributed by atoms with Crippen molar-refractivity contribution < 1.29 is 17.9 Å². The molecule has 1 rings (SSSR count). The molecule has 14 heavy (non-hydrogen) atoms. The molecule has 1 aromatic rings. The Hall–Kier alpha value is -1.19. The number of halogens is 3. The standard InChI is InChI=1S/C10H11F3O/c1-6(2)8-5-7(14-10(12)13)3-4-9(8)11/h3-6,10H,1-2H3. The number of hydrogen-bond donors (Lipinski definition) is 0. The molecule has 0 unspecified atom stereocenters. The van der Waals surface area contributed by atoms with Crippen LogP contribution in [-0.2, 0) is 0 Å². The molecule has 0 heterocycles. The molecule has 0 aromatic heterocycles. The van der Waals surface area contributed by atoms with Gasteiger partial charge in [-0.3, -0.25) is 0 Å². The van der Waals surface area contributed by atoms with E-state index in [-0.39, 0.29) is 11.7 Å². The Balaban J connectivity index is 2.94. The van der Waals surface area contributed by atoms with Crippen LogP contribution in [-0.4, -0.2) is 6.61 Å². The van der Waals surface area contributed by atoms with E-state index in [1.165, 1.54) is 12.1 Å². The first-order valence-corrected chi connectivity index (χ1v) is 4.25. The van der Waals surface area contributed by atoms with Gasteiger partial charge < -0.3 is 4.74 Å². The van der Waals surface area contributed by atoms with Crippen LogP contribution >= 0.6 is 0 Å². The van der Waals surface area contributed by atoms with Gasteiger partial charge in [-0.2, -0.15) is 8.78 Å². The lowest BCUT2D eigenvalue weighted by Gasteiger charge is -2.10. The first-order chi connectivity index (χ1) is 6.50. The summed E-state index contributed by atoms with van der Waals surface area (Å²) < 4.78 is 41.0. The molecule has 4 heteroatoms. The summed E-state index contributed by atoms with van der Waals surface area (Å²) in [5.74, 6) is -0.470. The highest BCUT2D eigenvalue weighted by Gasteiger charge is 2.10. The Kier molecular flexibility index (Phi) is 3.38. The molecule has 0 spiro atoms. The van der Waals surface area contributed by atoms with Gasteiger partial charge in [0.2, 0.25) is 0 Å². The van der Waals surface area contributed by atoms with Gasteiger partial charge in [0.1, 0.15) is 11.6 Å².